The fourth-order valence-corrected chi connectivity index (χ4v) is 4.96. The molecular weight excluding hydrogens is 302 g/mol. The van der Waals surface area contributed by atoms with E-state index in [1.807, 2.05) is 6.92 Å². The molecule has 3 aliphatic rings. The second kappa shape index (κ2) is 8.63. The molecule has 138 valence electrons. The van der Waals surface area contributed by atoms with Gasteiger partial charge in [-0.2, -0.15) is 0 Å². The van der Waals surface area contributed by atoms with Crippen molar-refractivity contribution in [1.82, 2.24) is 16.2 Å². The van der Waals surface area contributed by atoms with E-state index in [4.69, 9.17) is 4.74 Å². The standard InChI is InChI=1S/C19H35N3O2/c1-3-24-18(23)12-17-15-6-4-5-7-16(15)19(22-21-17)20-14-10-8-13(2)9-11-14/h13-17,19-22H,3-12H2,1-2H3. The minimum atomic E-state index is -0.0752. The number of carbonyl (C=O) groups excluding carboxylic acids is 1. The Hall–Kier alpha value is -0.650. The van der Waals surface area contributed by atoms with Gasteiger partial charge in [0.1, 0.15) is 0 Å². The number of hydrogen-bond donors (Lipinski definition) is 3. The molecule has 0 spiro atoms. The van der Waals surface area contributed by atoms with Crippen LogP contribution in [0.5, 0.6) is 0 Å². The first-order valence-electron chi connectivity index (χ1n) is 10.1. The predicted molar refractivity (Wildman–Crippen MR) is 95.1 cm³/mol. The Bertz CT molecular complexity index is 409. The van der Waals surface area contributed by atoms with Crippen LogP contribution in [0.4, 0.5) is 0 Å². The van der Waals surface area contributed by atoms with Gasteiger partial charge in [0.15, 0.2) is 0 Å². The number of ether oxygens (including phenoxy) is 1. The summed E-state index contributed by atoms with van der Waals surface area (Å²) in [5.74, 6) is 2.01. The third kappa shape index (κ3) is 4.50. The quantitative estimate of drug-likeness (QED) is 0.673. The third-order valence-corrected chi connectivity index (χ3v) is 6.37. The van der Waals surface area contributed by atoms with Crippen molar-refractivity contribution in [2.75, 3.05) is 6.61 Å². The molecule has 4 atom stereocenters. The fraction of sp³-hybridized carbons (Fsp3) is 0.947. The van der Waals surface area contributed by atoms with Crippen molar-refractivity contribution >= 4 is 5.97 Å². The summed E-state index contributed by atoms with van der Waals surface area (Å²) in [4.78, 5) is 11.9. The third-order valence-electron chi connectivity index (χ3n) is 6.37. The van der Waals surface area contributed by atoms with Crippen LogP contribution in [0.1, 0.15) is 71.6 Å². The summed E-state index contributed by atoms with van der Waals surface area (Å²) >= 11 is 0. The maximum Gasteiger partial charge on any atom is 0.307 e. The van der Waals surface area contributed by atoms with Gasteiger partial charge in [-0.25, -0.2) is 5.43 Å². The minimum Gasteiger partial charge on any atom is -0.466 e. The van der Waals surface area contributed by atoms with Gasteiger partial charge in [-0.05, 0) is 63.2 Å². The number of fused-ring (bicyclic) bond motifs is 1. The van der Waals surface area contributed by atoms with E-state index in [2.05, 4.69) is 23.1 Å². The van der Waals surface area contributed by atoms with Crippen LogP contribution < -0.4 is 16.2 Å². The summed E-state index contributed by atoms with van der Waals surface area (Å²) in [6.07, 6.45) is 11.2. The molecule has 1 aliphatic heterocycles. The van der Waals surface area contributed by atoms with Gasteiger partial charge in [-0.3, -0.25) is 15.5 Å². The van der Waals surface area contributed by atoms with Gasteiger partial charge in [0.2, 0.25) is 0 Å². The summed E-state index contributed by atoms with van der Waals surface area (Å²) in [6.45, 7) is 4.71. The van der Waals surface area contributed by atoms with Crippen molar-refractivity contribution in [3.8, 4) is 0 Å². The van der Waals surface area contributed by atoms with Gasteiger partial charge < -0.3 is 4.74 Å². The van der Waals surface area contributed by atoms with Crippen molar-refractivity contribution in [2.45, 2.75) is 89.9 Å². The highest BCUT2D eigenvalue weighted by Crippen LogP contribution is 2.37. The first-order valence-corrected chi connectivity index (χ1v) is 10.1. The summed E-state index contributed by atoms with van der Waals surface area (Å²) < 4.78 is 5.16. The summed E-state index contributed by atoms with van der Waals surface area (Å²) in [6, 6.07) is 0.850. The Labute approximate surface area is 146 Å². The predicted octanol–water partition coefficient (Wildman–Crippen LogP) is 2.72. The number of carbonyl (C=O) groups is 1. The highest BCUT2D eigenvalue weighted by atomic mass is 16.5. The number of nitrogens with one attached hydrogen (secondary N) is 3. The molecule has 3 rings (SSSR count). The first-order chi connectivity index (χ1) is 11.7. The van der Waals surface area contributed by atoms with Gasteiger partial charge >= 0.3 is 5.97 Å². The molecule has 5 nitrogen and oxygen atoms in total. The van der Waals surface area contributed by atoms with Crippen LogP contribution in [0, 0.1) is 17.8 Å². The Morgan fingerprint density at radius 3 is 2.46 bits per heavy atom. The normalized spacial score (nSPS) is 39.9. The van der Waals surface area contributed by atoms with E-state index in [1.54, 1.807) is 0 Å². The van der Waals surface area contributed by atoms with Crippen molar-refractivity contribution in [3.05, 3.63) is 0 Å². The van der Waals surface area contributed by atoms with Crippen molar-refractivity contribution in [2.24, 2.45) is 17.8 Å². The van der Waals surface area contributed by atoms with Crippen LogP contribution in [0.15, 0.2) is 0 Å². The average Bonchev–Trinajstić information content (AvgIpc) is 2.59. The van der Waals surface area contributed by atoms with E-state index < -0.39 is 0 Å². The fourth-order valence-electron chi connectivity index (χ4n) is 4.96. The zero-order valence-corrected chi connectivity index (χ0v) is 15.4. The molecule has 0 aromatic carbocycles. The maximum atomic E-state index is 11.9. The van der Waals surface area contributed by atoms with Gasteiger partial charge in [0.25, 0.3) is 0 Å². The highest BCUT2D eigenvalue weighted by Gasteiger charge is 2.42. The minimum absolute atomic E-state index is 0.0752. The topological polar surface area (TPSA) is 62.4 Å². The van der Waals surface area contributed by atoms with Crippen LogP contribution in [0.2, 0.25) is 0 Å². The van der Waals surface area contributed by atoms with E-state index in [0.717, 1.165) is 5.92 Å². The molecule has 1 heterocycles. The maximum absolute atomic E-state index is 11.9. The Balaban J connectivity index is 1.57. The largest absolute Gasteiger partial charge is 0.466 e. The molecule has 0 bridgehead atoms. The summed E-state index contributed by atoms with van der Waals surface area (Å²) in [5, 5.41) is 3.89. The lowest BCUT2D eigenvalue weighted by Crippen LogP contribution is -2.67. The van der Waals surface area contributed by atoms with Crippen LogP contribution in [0.25, 0.3) is 0 Å². The lowest BCUT2D eigenvalue weighted by Gasteiger charge is -2.48. The van der Waals surface area contributed by atoms with E-state index >= 15 is 0 Å². The zero-order chi connectivity index (χ0) is 16.9. The molecule has 0 radical (unpaired) electrons. The van der Waals surface area contributed by atoms with Gasteiger partial charge in [-0.1, -0.05) is 19.8 Å². The van der Waals surface area contributed by atoms with Crippen molar-refractivity contribution in [1.29, 1.82) is 0 Å². The summed E-state index contributed by atoms with van der Waals surface area (Å²) in [5.41, 5.74) is 6.95. The molecule has 0 amide bonds. The number of hydrazine groups is 1. The zero-order valence-electron chi connectivity index (χ0n) is 15.4. The molecule has 4 unspecified atom stereocenters. The molecule has 2 saturated carbocycles. The van der Waals surface area contributed by atoms with Crippen molar-refractivity contribution < 1.29 is 9.53 Å². The lowest BCUT2D eigenvalue weighted by molar-refractivity contribution is -0.145. The molecule has 0 aromatic rings. The van der Waals surface area contributed by atoms with E-state index in [9.17, 15) is 4.79 Å². The second-order valence-electron chi connectivity index (χ2n) is 8.12. The molecular formula is C19H35N3O2. The summed E-state index contributed by atoms with van der Waals surface area (Å²) in [7, 11) is 0. The van der Waals surface area contributed by atoms with Gasteiger partial charge in [0.05, 0.1) is 19.2 Å². The van der Waals surface area contributed by atoms with Crippen LogP contribution >= 0.6 is 0 Å². The Kier molecular flexibility index (Phi) is 6.53. The van der Waals surface area contributed by atoms with Crippen LogP contribution in [-0.2, 0) is 9.53 Å². The molecule has 3 N–H and O–H groups in total. The SMILES string of the molecule is CCOC(=O)CC1NNC(NC2CCC(C)CC2)C2CCCCC12. The van der Waals surface area contributed by atoms with E-state index in [-0.39, 0.29) is 12.0 Å². The Morgan fingerprint density at radius 2 is 1.75 bits per heavy atom. The number of esters is 1. The van der Waals surface area contributed by atoms with E-state index in [0.29, 0.717) is 37.1 Å². The number of hydrogen-bond acceptors (Lipinski definition) is 5. The molecule has 2 aliphatic carbocycles. The van der Waals surface area contributed by atoms with Gasteiger partial charge in [-0.15, -0.1) is 0 Å². The van der Waals surface area contributed by atoms with Crippen molar-refractivity contribution in [3.63, 3.8) is 0 Å². The molecule has 24 heavy (non-hydrogen) atoms. The number of rotatable bonds is 5. The van der Waals surface area contributed by atoms with Gasteiger partial charge in [0, 0.05) is 12.1 Å². The Morgan fingerprint density at radius 1 is 1.04 bits per heavy atom. The highest BCUT2D eigenvalue weighted by molar-refractivity contribution is 5.70. The first kappa shape index (κ1) is 18.2. The molecule has 0 aromatic heterocycles. The smallest absolute Gasteiger partial charge is 0.307 e. The average molecular weight is 338 g/mol. The lowest BCUT2D eigenvalue weighted by atomic mass is 9.71. The molecule has 1 saturated heterocycles. The molecule has 5 heteroatoms. The molecule has 3 fully saturated rings. The van der Waals surface area contributed by atoms with E-state index in [1.165, 1.54) is 51.4 Å². The van der Waals surface area contributed by atoms with Crippen LogP contribution in [0.3, 0.4) is 0 Å². The monoisotopic (exact) mass is 337 g/mol. The second-order valence-corrected chi connectivity index (χ2v) is 8.12. The van der Waals surface area contributed by atoms with Crippen LogP contribution in [-0.4, -0.2) is 30.8 Å².